The Bertz CT molecular complexity index is 276. The molecule has 1 aromatic rings. The first kappa shape index (κ1) is 11.3. The minimum Gasteiger partial charge on any atom is -0.468 e. The number of hydrogen-bond donors (Lipinski definition) is 1. The molecule has 1 rings (SSSR count). The molecule has 0 radical (unpaired) electrons. The number of furan rings is 1. The topological polar surface area (TPSA) is 25.2 Å². The van der Waals surface area contributed by atoms with Crippen molar-refractivity contribution in [2.24, 2.45) is 5.41 Å². The summed E-state index contributed by atoms with van der Waals surface area (Å²) in [6, 6.07) is 2.00. The predicted octanol–water partition coefficient (Wildman–Crippen LogP) is 3.11. The Morgan fingerprint density at radius 3 is 2.64 bits per heavy atom. The molecule has 80 valence electrons. The van der Waals surface area contributed by atoms with Gasteiger partial charge in [-0.15, -0.1) is 0 Å². The second kappa shape index (κ2) is 4.65. The van der Waals surface area contributed by atoms with Crippen LogP contribution in [-0.4, -0.2) is 6.54 Å². The zero-order valence-corrected chi connectivity index (χ0v) is 9.68. The lowest BCUT2D eigenvalue weighted by Gasteiger charge is -2.22. The Kier molecular flexibility index (Phi) is 3.76. The Balaban J connectivity index is 2.32. The van der Waals surface area contributed by atoms with Crippen molar-refractivity contribution in [3.63, 3.8) is 0 Å². The van der Waals surface area contributed by atoms with Crippen LogP contribution in [0, 0.1) is 12.3 Å². The molecule has 0 spiro atoms. The molecule has 0 unspecified atom stereocenters. The number of nitrogens with one attached hydrogen (secondary N) is 1. The van der Waals surface area contributed by atoms with Gasteiger partial charge in [0.1, 0.15) is 5.76 Å². The van der Waals surface area contributed by atoms with Crippen molar-refractivity contribution < 1.29 is 4.42 Å². The lowest BCUT2D eigenvalue weighted by atomic mass is 9.90. The van der Waals surface area contributed by atoms with Gasteiger partial charge in [-0.05, 0) is 30.4 Å². The van der Waals surface area contributed by atoms with E-state index < -0.39 is 0 Å². The quantitative estimate of drug-likeness (QED) is 0.781. The third-order valence-corrected chi connectivity index (χ3v) is 2.81. The van der Waals surface area contributed by atoms with Crippen LogP contribution in [0.5, 0.6) is 0 Å². The maximum absolute atomic E-state index is 5.35. The zero-order chi connectivity index (χ0) is 10.6. The highest BCUT2D eigenvalue weighted by atomic mass is 16.3. The highest BCUT2D eigenvalue weighted by molar-refractivity contribution is 5.14. The molecular weight excluding hydrogens is 174 g/mol. The van der Waals surface area contributed by atoms with Gasteiger partial charge in [-0.2, -0.15) is 0 Å². The van der Waals surface area contributed by atoms with Gasteiger partial charge in [0.15, 0.2) is 0 Å². The molecule has 0 amide bonds. The molecule has 2 heteroatoms. The van der Waals surface area contributed by atoms with E-state index in [1.165, 1.54) is 12.0 Å². The van der Waals surface area contributed by atoms with Crippen molar-refractivity contribution in [1.29, 1.82) is 0 Å². The van der Waals surface area contributed by atoms with Gasteiger partial charge < -0.3 is 9.73 Å². The van der Waals surface area contributed by atoms with Gasteiger partial charge in [-0.1, -0.05) is 20.8 Å². The second-order valence-corrected chi connectivity index (χ2v) is 4.65. The molecule has 0 saturated heterocycles. The molecule has 0 saturated carbocycles. The van der Waals surface area contributed by atoms with Crippen molar-refractivity contribution in [2.45, 2.75) is 40.7 Å². The summed E-state index contributed by atoms with van der Waals surface area (Å²) < 4.78 is 5.35. The maximum atomic E-state index is 5.35. The summed E-state index contributed by atoms with van der Waals surface area (Å²) in [5.74, 6) is 1.05. The standard InChI is InChI=1S/C12H21NO/c1-5-12(3,4)9-13-8-11-10(2)6-7-14-11/h6-7,13H,5,8-9H2,1-4H3. The van der Waals surface area contributed by atoms with Gasteiger partial charge >= 0.3 is 0 Å². The molecule has 1 heterocycles. The molecular formula is C12H21NO. The highest BCUT2D eigenvalue weighted by Crippen LogP contribution is 2.18. The SMILES string of the molecule is CCC(C)(C)CNCc1occc1C. The molecule has 0 fully saturated rings. The van der Waals surface area contributed by atoms with E-state index in [1.54, 1.807) is 6.26 Å². The summed E-state index contributed by atoms with van der Waals surface area (Å²) in [5.41, 5.74) is 1.60. The molecule has 0 aliphatic carbocycles. The van der Waals surface area contributed by atoms with Crippen molar-refractivity contribution >= 4 is 0 Å². The van der Waals surface area contributed by atoms with Crippen LogP contribution >= 0.6 is 0 Å². The average molecular weight is 195 g/mol. The van der Waals surface area contributed by atoms with E-state index in [1.807, 2.05) is 6.07 Å². The van der Waals surface area contributed by atoms with Crippen LogP contribution in [0.2, 0.25) is 0 Å². The summed E-state index contributed by atoms with van der Waals surface area (Å²) in [7, 11) is 0. The maximum Gasteiger partial charge on any atom is 0.120 e. The van der Waals surface area contributed by atoms with Gasteiger partial charge in [0, 0.05) is 6.54 Å². The van der Waals surface area contributed by atoms with Crippen LogP contribution in [0.1, 0.15) is 38.5 Å². The molecule has 0 bridgehead atoms. The minimum atomic E-state index is 0.375. The Morgan fingerprint density at radius 1 is 1.43 bits per heavy atom. The van der Waals surface area contributed by atoms with Gasteiger partial charge in [-0.3, -0.25) is 0 Å². The monoisotopic (exact) mass is 195 g/mol. The van der Waals surface area contributed by atoms with Gasteiger partial charge in [0.05, 0.1) is 12.8 Å². The van der Waals surface area contributed by atoms with E-state index in [0.717, 1.165) is 18.8 Å². The summed E-state index contributed by atoms with van der Waals surface area (Å²) in [6.07, 6.45) is 2.94. The fourth-order valence-corrected chi connectivity index (χ4v) is 1.22. The predicted molar refractivity (Wildman–Crippen MR) is 59.2 cm³/mol. The Hall–Kier alpha value is -0.760. The number of aryl methyl sites for hydroxylation is 1. The van der Waals surface area contributed by atoms with Crippen LogP contribution in [0.4, 0.5) is 0 Å². The lowest BCUT2D eigenvalue weighted by molar-refractivity contribution is 0.320. The van der Waals surface area contributed by atoms with E-state index >= 15 is 0 Å². The number of hydrogen-bond acceptors (Lipinski definition) is 2. The van der Waals surface area contributed by atoms with Crippen molar-refractivity contribution in [2.75, 3.05) is 6.54 Å². The van der Waals surface area contributed by atoms with Crippen molar-refractivity contribution in [3.8, 4) is 0 Å². The van der Waals surface area contributed by atoms with E-state index in [9.17, 15) is 0 Å². The smallest absolute Gasteiger partial charge is 0.120 e. The summed E-state index contributed by atoms with van der Waals surface area (Å²) in [4.78, 5) is 0. The van der Waals surface area contributed by atoms with Crippen LogP contribution in [-0.2, 0) is 6.54 Å². The second-order valence-electron chi connectivity index (χ2n) is 4.65. The molecule has 0 aliphatic heterocycles. The van der Waals surface area contributed by atoms with Crippen molar-refractivity contribution in [1.82, 2.24) is 5.32 Å². The fraction of sp³-hybridized carbons (Fsp3) is 0.667. The first-order valence-electron chi connectivity index (χ1n) is 5.29. The van der Waals surface area contributed by atoms with E-state index in [0.29, 0.717) is 5.41 Å². The van der Waals surface area contributed by atoms with Crippen LogP contribution < -0.4 is 5.32 Å². The third-order valence-electron chi connectivity index (χ3n) is 2.81. The molecule has 0 aliphatic rings. The van der Waals surface area contributed by atoms with Crippen LogP contribution in [0.3, 0.4) is 0 Å². The minimum absolute atomic E-state index is 0.375. The van der Waals surface area contributed by atoms with Gasteiger partial charge in [0.2, 0.25) is 0 Å². The molecule has 14 heavy (non-hydrogen) atoms. The zero-order valence-electron chi connectivity index (χ0n) is 9.68. The Labute approximate surface area is 86.7 Å². The molecule has 1 aromatic heterocycles. The number of rotatable bonds is 5. The van der Waals surface area contributed by atoms with Crippen LogP contribution in [0.25, 0.3) is 0 Å². The van der Waals surface area contributed by atoms with E-state index in [2.05, 4.69) is 33.0 Å². The first-order valence-corrected chi connectivity index (χ1v) is 5.29. The van der Waals surface area contributed by atoms with E-state index in [4.69, 9.17) is 4.42 Å². The largest absolute Gasteiger partial charge is 0.468 e. The molecule has 2 nitrogen and oxygen atoms in total. The Morgan fingerprint density at radius 2 is 2.14 bits per heavy atom. The normalized spacial score (nSPS) is 12.0. The lowest BCUT2D eigenvalue weighted by Crippen LogP contribution is -2.28. The third kappa shape index (κ3) is 3.18. The van der Waals surface area contributed by atoms with Gasteiger partial charge in [-0.25, -0.2) is 0 Å². The molecule has 0 aromatic carbocycles. The summed E-state index contributed by atoms with van der Waals surface area (Å²) in [5, 5.41) is 3.43. The fourth-order valence-electron chi connectivity index (χ4n) is 1.22. The van der Waals surface area contributed by atoms with Gasteiger partial charge in [0.25, 0.3) is 0 Å². The van der Waals surface area contributed by atoms with Crippen molar-refractivity contribution in [3.05, 3.63) is 23.7 Å². The first-order chi connectivity index (χ1) is 6.55. The highest BCUT2D eigenvalue weighted by Gasteiger charge is 2.14. The molecule has 0 atom stereocenters. The van der Waals surface area contributed by atoms with E-state index in [-0.39, 0.29) is 0 Å². The molecule has 1 N–H and O–H groups in total. The van der Waals surface area contributed by atoms with Crippen LogP contribution in [0.15, 0.2) is 16.7 Å². The summed E-state index contributed by atoms with van der Waals surface area (Å²) in [6.45, 7) is 10.7. The average Bonchev–Trinajstić information content (AvgIpc) is 2.52. The summed E-state index contributed by atoms with van der Waals surface area (Å²) >= 11 is 0.